The largest absolute Gasteiger partial charge is 0.348 e. The zero-order valence-electron chi connectivity index (χ0n) is 19.0. The number of amides is 1. The van der Waals surface area contributed by atoms with Gasteiger partial charge in [-0.25, -0.2) is 0 Å². The first-order chi connectivity index (χ1) is 16.6. The third kappa shape index (κ3) is 4.53. The van der Waals surface area contributed by atoms with E-state index in [9.17, 15) is 9.59 Å². The maximum atomic E-state index is 13.7. The molecule has 2 aromatic heterocycles. The summed E-state index contributed by atoms with van der Waals surface area (Å²) < 4.78 is 3.39. The summed E-state index contributed by atoms with van der Waals surface area (Å²) in [5.41, 5.74) is 3.32. The molecule has 0 aliphatic heterocycles. The molecule has 6 heteroatoms. The zero-order valence-corrected chi connectivity index (χ0v) is 19.8. The van der Waals surface area contributed by atoms with Crippen molar-refractivity contribution in [3.63, 3.8) is 0 Å². The molecule has 1 aliphatic rings. The molecule has 0 bridgehead atoms. The predicted octanol–water partition coefficient (Wildman–Crippen LogP) is 5.92. The zero-order chi connectivity index (χ0) is 23.5. The third-order valence-electron chi connectivity index (χ3n) is 6.70. The van der Waals surface area contributed by atoms with E-state index in [0.29, 0.717) is 16.2 Å². The molecule has 5 rings (SSSR count). The van der Waals surface area contributed by atoms with Crippen molar-refractivity contribution in [3.05, 3.63) is 99.6 Å². The SMILES string of the molecule is O=C(NC1CCCCCC1)c1cn2c(-c3ccccc3)ccc2c(=O)n1Cc1ccccc1Cl. The number of carbonyl (C=O) groups is 1. The number of aromatic nitrogens is 2. The Balaban J connectivity index is 1.62. The van der Waals surface area contributed by atoms with Gasteiger partial charge >= 0.3 is 0 Å². The molecule has 174 valence electrons. The minimum Gasteiger partial charge on any atom is -0.348 e. The van der Waals surface area contributed by atoms with Crippen molar-refractivity contribution in [1.82, 2.24) is 14.3 Å². The Bertz CT molecular complexity index is 1370. The Hall–Kier alpha value is -3.31. The molecular weight excluding hydrogens is 446 g/mol. The molecule has 1 amide bonds. The Kier molecular flexibility index (Phi) is 6.54. The summed E-state index contributed by atoms with van der Waals surface area (Å²) in [6, 6.07) is 21.2. The number of halogens is 1. The fourth-order valence-corrected chi connectivity index (χ4v) is 5.06. The number of nitrogens with zero attached hydrogens (tertiary/aromatic N) is 2. The minimum absolute atomic E-state index is 0.132. The van der Waals surface area contributed by atoms with E-state index in [-0.39, 0.29) is 24.1 Å². The van der Waals surface area contributed by atoms with Gasteiger partial charge in [-0.1, -0.05) is 85.8 Å². The number of nitrogens with one attached hydrogen (secondary N) is 1. The highest BCUT2D eigenvalue weighted by Gasteiger charge is 2.22. The van der Waals surface area contributed by atoms with Crippen LogP contribution in [-0.2, 0) is 6.54 Å². The van der Waals surface area contributed by atoms with Gasteiger partial charge in [0.25, 0.3) is 11.5 Å². The van der Waals surface area contributed by atoms with E-state index in [4.69, 9.17) is 11.6 Å². The molecule has 1 N–H and O–H groups in total. The van der Waals surface area contributed by atoms with Crippen LogP contribution in [-0.4, -0.2) is 20.9 Å². The van der Waals surface area contributed by atoms with Crippen molar-refractivity contribution >= 4 is 23.0 Å². The maximum absolute atomic E-state index is 13.7. The van der Waals surface area contributed by atoms with Crippen LogP contribution in [0.25, 0.3) is 16.8 Å². The Morgan fingerprint density at radius 2 is 1.62 bits per heavy atom. The molecule has 5 nitrogen and oxygen atoms in total. The normalized spacial score (nSPS) is 14.7. The van der Waals surface area contributed by atoms with Gasteiger partial charge in [0.05, 0.1) is 12.2 Å². The number of hydrogen-bond acceptors (Lipinski definition) is 2. The monoisotopic (exact) mass is 473 g/mol. The van der Waals surface area contributed by atoms with E-state index in [1.807, 2.05) is 65.1 Å². The fourth-order valence-electron chi connectivity index (χ4n) is 4.86. The lowest BCUT2D eigenvalue weighted by molar-refractivity contribution is 0.0922. The lowest BCUT2D eigenvalue weighted by atomic mass is 10.1. The topological polar surface area (TPSA) is 55.5 Å². The van der Waals surface area contributed by atoms with Crippen LogP contribution >= 0.6 is 11.6 Å². The molecule has 4 aromatic rings. The van der Waals surface area contributed by atoms with Gasteiger partial charge in [-0.05, 0) is 42.2 Å². The first-order valence-electron chi connectivity index (χ1n) is 12.0. The molecule has 0 unspecified atom stereocenters. The van der Waals surface area contributed by atoms with E-state index in [1.165, 1.54) is 12.8 Å². The number of fused-ring (bicyclic) bond motifs is 1. The highest BCUT2D eigenvalue weighted by molar-refractivity contribution is 6.31. The van der Waals surface area contributed by atoms with Crippen molar-refractivity contribution in [2.75, 3.05) is 0 Å². The van der Waals surface area contributed by atoms with Crippen molar-refractivity contribution in [3.8, 4) is 11.3 Å². The smallest absolute Gasteiger partial charge is 0.275 e. The summed E-state index contributed by atoms with van der Waals surface area (Å²) in [6.07, 6.45) is 8.39. The van der Waals surface area contributed by atoms with Crippen molar-refractivity contribution in [2.45, 2.75) is 51.1 Å². The van der Waals surface area contributed by atoms with Crippen LogP contribution in [0.1, 0.15) is 54.6 Å². The van der Waals surface area contributed by atoms with Crippen molar-refractivity contribution in [2.24, 2.45) is 0 Å². The first-order valence-corrected chi connectivity index (χ1v) is 12.3. The number of rotatable bonds is 5. The average Bonchev–Trinajstić information content (AvgIpc) is 3.12. The average molecular weight is 474 g/mol. The standard InChI is InChI=1S/C28H28ClN3O2/c29-23-15-9-8-12-21(23)18-32-26(27(33)30-22-13-6-1-2-7-14-22)19-31-24(16-17-25(31)28(32)34)20-10-4-3-5-11-20/h3-5,8-12,15-17,19,22H,1-2,6-7,13-14,18H2,(H,30,33). The Morgan fingerprint density at radius 3 is 2.35 bits per heavy atom. The number of carbonyl (C=O) groups excluding carboxylic acids is 1. The first kappa shape index (κ1) is 22.5. The molecule has 0 atom stereocenters. The Labute approximate surface area is 204 Å². The van der Waals surface area contributed by atoms with Gasteiger partial charge in [-0.2, -0.15) is 0 Å². The molecule has 1 fully saturated rings. The van der Waals surface area contributed by atoms with Crippen LogP contribution in [0.15, 0.2) is 77.7 Å². The maximum Gasteiger partial charge on any atom is 0.275 e. The van der Waals surface area contributed by atoms with Crippen molar-refractivity contribution in [1.29, 1.82) is 0 Å². The second kappa shape index (κ2) is 9.90. The molecule has 1 saturated carbocycles. The van der Waals surface area contributed by atoms with Gasteiger partial charge in [0.15, 0.2) is 0 Å². The van der Waals surface area contributed by atoms with Gasteiger partial charge in [0, 0.05) is 17.3 Å². The van der Waals surface area contributed by atoms with E-state index < -0.39 is 0 Å². The van der Waals surface area contributed by atoms with Crippen LogP contribution in [0.2, 0.25) is 5.02 Å². The molecular formula is C28H28ClN3O2. The lowest BCUT2D eigenvalue weighted by Gasteiger charge is -2.19. The summed E-state index contributed by atoms with van der Waals surface area (Å²) in [6.45, 7) is 0.230. The summed E-state index contributed by atoms with van der Waals surface area (Å²) in [5, 5.41) is 3.79. The molecule has 0 spiro atoms. The predicted molar refractivity (Wildman–Crippen MR) is 137 cm³/mol. The highest BCUT2D eigenvalue weighted by atomic mass is 35.5. The van der Waals surface area contributed by atoms with Crippen LogP contribution < -0.4 is 10.9 Å². The van der Waals surface area contributed by atoms with Crippen LogP contribution in [0, 0.1) is 0 Å². The van der Waals surface area contributed by atoms with Crippen molar-refractivity contribution < 1.29 is 4.79 Å². The number of benzene rings is 2. The second-order valence-electron chi connectivity index (χ2n) is 9.00. The summed E-state index contributed by atoms with van der Waals surface area (Å²) in [4.78, 5) is 27.2. The van der Waals surface area contributed by atoms with E-state index >= 15 is 0 Å². The van der Waals surface area contributed by atoms with Gasteiger partial charge in [0.1, 0.15) is 11.2 Å². The second-order valence-corrected chi connectivity index (χ2v) is 9.41. The number of hydrogen-bond donors (Lipinski definition) is 1. The van der Waals surface area contributed by atoms with E-state index in [1.54, 1.807) is 16.8 Å². The van der Waals surface area contributed by atoms with Gasteiger partial charge in [-0.3, -0.25) is 14.2 Å². The molecule has 0 radical (unpaired) electrons. The van der Waals surface area contributed by atoms with Gasteiger partial charge < -0.3 is 9.72 Å². The molecule has 0 saturated heterocycles. The van der Waals surface area contributed by atoms with Crippen LogP contribution in [0.4, 0.5) is 0 Å². The highest BCUT2D eigenvalue weighted by Crippen LogP contribution is 2.23. The molecule has 34 heavy (non-hydrogen) atoms. The quantitative estimate of drug-likeness (QED) is 0.365. The molecule has 2 heterocycles. The fraction of sp³-hybridized carbons (Fsp3) is 0.286. The third-order valence-corrected chi connectivity index (χ3v) is 7.07. The molecule has 1 aliphatic carbocycles. The summed E-state index contributed by atoms with van der Waals surface area (Å²) in [7, 11) is 0. The van der Waals surface area contributed by atoms with Gasteiger partial charge in [-0.15, -0.1) is 0 Å². The minimum atomic E-state index is -0.217. The van der Waals surface area contributed by atoms with Crippen LogP contribution in [0.3, 0.4) is 0 Å². The van der Waals surface area contributed by atoms with E-state index in [2.05, 4.69) is 5.32 Å². The lowest BCUT2D eigenvalue weighted by Crippen LogP contribution is -2.39. The van der Waals surface area contributed by atoms with Crippen LogP contribution in [0.5, 0.6) is 0 Å². The van der Waals surface area contributed by atoms with E-state index in [0.717, 1.165) is 42.5 Å². The summed E-state index contributed by atoms with van der Waals surface area (Å²) >= 11 is 6.41. The Morgan fingerprint density at radius 1 is 0.912 bits per heavy atom. The molecule has 2 aromatic carbocycles. The summed E-state index contributed by atoms with van der Waals surface area (Å²) in [5.74, 6) is -0.217. The van der Waals surface area contributed by atoms with Gasteiger partial charge in [0.2, 0.25) is 0 Å².